The van der Waals surface area contributed by atoms with E-state index in [1.165, 1.54) is 10.9 Å². The number of rotatable bonds is 5. The molecule has 0 aliphatic heterocycles. The van der Waals surface area contributed by atoms with Crippen LogP contribution in [0.1, 0.15) is 30.9 Å². The molecule has 4 rings (SSSR count). The number of anilines is 1. The molecule has 0 fully saturated rings. The Bertz CT molecular complexity index is 967. The van der Waals surface area contributed by atoms with E-state index in [1.807, 2.05) is 18.5 Å². The number of hydrogen-bond acceptors (Lipinski definition) is 6. The Morgan fingerprint density at radius 3 is 2.88 bits per heavy atom. The van der Waals surface area contributed by atoms with Gasteiger partial charge in [0.1, 0.15) is 16.5 Å². The summed E-state index contributed by atoms with van der Waals surface area (Å²) in [4.78, 5) is 16.0. The lowest BCUT2D eigenvalue weighted by Gasteiger charge is -2.09. The zero-order chi connectivity index (χ0) is 16.7. The molecule has 0 aliphatic carbocycles. The molecule has 24 heavy (non-hydrogen) atoms. The van der Waals surface area contributed by atoms with Crippen molar-refractivity contribution in [3.63, 3.8) is 0 Å². The highest BCUT2D eigenvalue weighted by atomic mass is 32.1. The van der Waals surface area contributed by atoms with Gasteiger partial charge in [-0.15, -0.1) is 22.7 Å². The van der Waals surface area contributed by atoms with Gasteiger partial charge >= 0.3 is 0 Å². The summed E-state index contributed by atoms with van der Waals surface area (Å²) in [5, 5.41) is 8.91. The van der Waals surface area contributed by atoms with Gasteiger partial charge in [-0.2, -0.15) is 0 Å². The number of aromatic nitrogens is 4. The lowest BCUT2D eigenvalue weighted by atomic mass is 10.0. The van der Waals surface area contributed by atoms with Gasteiger partial charge in [-0.05, 0) is 30.2 Å². The first-order valence-electron chi connectivity index (χ1n) is 8.00. The van der Waals surface area contributed by atoms with Gasteiger partial charge in [0.25, 0.3) is 0 Å². The fourth-order valence-corrected chi connectivity index (χ4v) is 4.58. The summed E-state index contributed by atoms with van der Waals surface area (Å²) in [7, 11) is 0. The minimum absolute atomic E-state index is 0.608. The molecule has 4 aromatic heterocycles. The average Bonchev–Trinajstić information content (AvgIpc) is 3.19. The molecule has 0 spiro atoms. The van der Waals surface area contributed by atoms with E-state index in [9.17, 15) is 0 Å². The van der Waals surface area contributed by atoms with Crippen LogP contribution in [-0.2, 0) is 13.0 Å². The Morgan fingerprint density at radius 2 is 2.08 bits per heavy atom. The van der Waals surface area contributed by atoms with Gasteiger partial charge in [-0.3, -0.25) is 4.40 Å². The van der Waals surface area contributed by atoms with Crippen molar-refractivity contribution in [3.8, 4) is 0 Å². The van der Waals surface area contributed by atoms with Crippen LogP contribution in [0.3, 0.4) is 0 Å². The summed E-state index contributed by atoms with van der Waals surface area (Å²) in [6.45, 7) is 7.09. The minimum atomic E-state index is 0.608. The second kappa shape index (κ2) is 6.14. The van der Waals surface area contributed by atoms with Crippen LogP contribution in [0.4, 0.5) is 5.82 Å². The quantitative estimate of drug-likeness (QED) is 0.570. The predicted octanol–water partition coefficient (Wildman–Crippen LogP) is 4.52. The predicted molar refractivity (Wildman–Crippen MR) is 101 cm³/mol. The smallest absolute Gasteiger partial charge is 0.193 e. The lowest BCUT2D eigenvalue weighted by molar-refractivity contribution is 0.651. The minimum Gasteiger partial charge on any atom is -0.364 e. The van der Waals surface area contributed by atoms with Gasteiger partial charge in [0, 0.05) is 17.8 Å². The molecule has 0 saturated carbocycles. The summed E-state index contributed by atoms with van der Waals surface area (Å²) in [5.41, 5.74) is 2.35. The summed E-state index contributed by atoms with van der Waals surface area (Å²) in [6, 6.07) is 0. The summed E-state index contributed by atoms with van der Waals surface area (Å²) >= 11 is 3.35. The molecule has 0 saturated heterocycles. The van der Waals surface area contributed by atoms with Crippen LogP contribution in [-0.4, -0.2) is 19.4 Å². The molecule has 0 atom stereocenters. The van der Waals surface area contributed by atoms with E-state index in [2.05, 4.69) is 50.1 Å². The zero-order valence-electron chi connectivity index (χ0n) is 13.9. The van der Waals surface area contributed by atoms with Gasteiger partial charge in [0.2, 0.25) is 0 Å². The van der Waals surface area contributed by atoms with Gasteiger partial charge in [-0.25, -0.2) is 15.0 Å². The molecule has 0 aliphatic rings. The largest absolute Gasteiger partial charge is 0.364 e. The van der Waals surface area contributed by atoms with Crippen LogP contribution in [0.5, 0.6) is 0 Å². The molecule has 0 aromatic carbocycles. The van der Waals surface area contributed by atoms with Crippen molar-refractivity contribution >= 4 is 43.7 Å². The van der Waals surface area contributed by atoms with Crippen molar-refractivity contribution in [3.05, 3.63) is 40.2 Å². The molecule has 1 N–H and O–H groups in total. The van der Waals surface area contributed by atoms with Crippen LogP contribution in [0.2, 0.25) is 0 Å². The second-order valence-electron chi connectivity index (χ2n) is 6.34. The van der Waals surface area contributed by atoms with Crippen molar-refractivity contribution in [2.24, 2.45) is 5.92 Å². The summed E-state index contributed by atoms with van der Waals surface area (Å²) in [5.74, 6) is 2.33. The SMILES string of the molecule is Cc1nc(NCc2cn3ccsc3n2)c2c(CC(C)C)csc2n1. The number of hydrogen-bond donors (Lipinski definition) is 1. The molecule has 0 radical (unpaired) electrons. The fourth-order valence-electron chi connectivity index (χ4n) is 2.86. The Balaban J connectivity index is 1.66. The van der Waals surface area contributed by atoms with Crippen LogP contribution >= 0.6 is 22.7 Å². The normalized spacial score (nSPS) is 11.8. The van der Waals surface area contributed by atoms with Crippen molar-refractivity contribution in [2.45, 2.75) is 33.7 Å². The van der Waals surface area contributed by atoms with Crippen LogP contribution in [0.25, 0.3) is 15.2 Å². The number of nitrogens with one attached hydrogen (secondary N) is 1. The van der Waals surface area contributed by atoms with E-state index in [-0.39, 0.29) is 0 Å². The summed E-state index contributed by atoms with van der Waals surface area (Å²) < 4.78 is 2.05. The number of nitrogens with zero attached hydrogens (tertiary/aromatic N) is 4. The molecule has 0 unspecified atom stereocenters. The molecule has 0 bridgehead atoms. The number of imidazole rings is 1. The zero-order valence-corrected chi connectivity index (χ0v) is 15.5. The Morgan fingerprint density at radius 1 is 1.21 bits per heavy atom. The van der Waals surface area contributed by atoms with Crippen LogP contribution in [0.15, 0.2) is 23.2 Å². The number of aryl methyl sites for hydroxylation is 1. The average molecular weight is 358 g/mol. The van der Waals surface area contributed by atoms with Crippen molar-refractivity contribution in [1.82, 2.24) is 19.4 Å². The maximum atomic E-state index is 4.65. The van der Waals surface area contributed by atoms with Crippen LogP contribution < -0.4 is 5.32 Å². The second-order valence-corrected chi connectivity index (χ2v) is 8.07. The van der Waals surface area contributed by atoms with Gasteiger partial charge in [0.15, 0.2) is 4.96 Å². The molecule has 7 heteroatoms. The Kier molecular flexibility index (Phi) is 3.97. The lowest BCUT2D eigenvalue weighted by Crippen LogP contribution is -2.05. The van der Waals surface area contributed by atoms with Crippen molar-refractivity contribution < 1.29 is 0 Å². The third-order valence-electron chi connectivity index (χ3n) is 3.83. The molecular formula is C17H19N5S2. The summed E-state index contributed by atoms with van der Waals surface area (Å²) in [6.07, 6.45) is 5.14. The van der Waals surface area contributed by atoms with E-state index in [0.29, 0.717) is 12.5 Å². The highest BCUT2D eigenvalue weighted by Crippen LogP contribution is 2.31. The first-order valence-corrected chi connectivity index (χ1v) is 9.75. The van der Waals surface area contributed by atoms with E-state index in [4.69, 9.17) is 0 Å². The van der Waals surface area contributed by atoms with Gasteiger partial charge < -0.3 is 5.32 Å². The Hall–Kier alpha value is -1.99. The van der Waals surface area contributed by atoms with Crippen molar-refractivity contribution in [1.29, 1.82) is 0 Å². The molecular weight excluding hydrogens is 338 g/mol. The van der Waals surface area contributed by atoms with Crippen molar-refractivity contribution in [2.75, 3.05) is 5.32 Å². The highest BCUT2D eigenvalue weighted by molar-refractivity contribution is 7.17. The van der Waals surface area contributed by atoms with Gasteiger partial charge in [0.05, 0.1) is 17.6 Å². The molecule has 124 valence electrons. The first kappa shape index (κ1) is 15.5. The first-order chi connectivity index (χ1) is 11.6. The standard InChI is InChI=1S/C17H19N5S2/c1-10(2)6-12-9-24-16-14(12)15(19-11(3)20-16)18-7-13-8-22-4-5-23-17(22)21-13/h4-5,8-10H,6-7H2,1-3H3,(H,18,19,20). The van der Waals surface area contributed by atoms with Gasteiger partial charge in [-0.1, -0.05) is 13.8 Å². The molecule has 4 heterocycles. The number of fused-ring (bicyclic) bond motifs is 2. The third-order valence-corrected chi connectivity index (χ3v) is 5.52. The number of thiazole rings is 1. The third kappa shape index (κ3) is 2.89. The van der Waals surface area contributed by atoms with E-state index in [0.717, 1.165) is 33.5 Å². The molecule has 4 aromatic rings. The van der Waals surface area contributed by atoms with E-state index in [1.54, 1.807) is 22.7 Å². The fraction of sp³-hybridized carbons (Fsp3) is 0.353. The Labute approximate surface area is 148 Å². The van der Waals surface area contributed by atoms with E-state index < -0.39 is 0 Å². The van der Waals surface area contributed by atoms with E-state index >= 15 is 0 Å². The highest BCUT2D eigenvalue weighted by Gasteiger charge is 2.14. The maximum absolute atomic E-state index is 4.65. The molecule has 0 amide bonds. The maximum Gasteiger partial charge on any atom is 0.193 e. The number of thiophene rings is 1. The monoisotopic (exact) mass is 357 g/mol. The van der Waals surface area contributed by atoms with Crippen LogP contribution in [0, 0.1) is 12.8 Å². The molecule has 5 nitrogen and oxygen atoms in total. The topological polar surface area (TPSA) is 55.1 Å².